The number of ether oxygens (including phenoxy) is 1. The summed E-state index contributed by atoms with van der Waals surface area (Å²) in [5.74, 6) is 0.299. The minimum Gasteiger partial charge on any atom is -0.494 e. The van der Waals surface area contributed by atoms with E-state index in [0.29, 0.717) is 29.3 Å². The highest BCUT2D eigenvalue weighted by Gasteiger charge is 2.35. The zero-order valence-corrected chi connectivity index (χ0v) is 16.0. The van der Waals surface area contributed by atoms with Crippen molar-refractivity contribution in [2.45, 2.75) is 19.5 Å². The summed E-state index contributed by atoms with van der Waals surface area (Å²) in [7, 11) is 0. The van der Waals surface area contributed by atoms with Crippen molar-refractivity contribution in [3.8, 4) is 11.8 Å². The molecule has 6 nitrogen and oxygen atoms in total. The van der Waals surface area contributed by atoms with E-state index in [0.717, 1.165) is 12.6 Å². The quantitative estimate of drug-likeness (QED) is 0.521. The van der Waals surface area contributed by atoms with E-state index < -0.39 is 17.6 Å². The summed E-state index contributed by atoms with van der Waals surface area (Å²) in [5.41, 5.74) is 0.359. The van der Waals surface area contributed by atoms with E-state index >= 15 is 0 Å². The van der Waals surface area contributed by atoms with Crippen LogP contribution in [0.2, 0.25) is 0 Å². The van der Waals surface area contributed by atoms with Gasteiger partial charge in [-0.3, -0.25) is 0 Å². The lowest BCUT2D eigenvalue weighted by Gasteiger charge is -2.15. The highest BCUT2D eigenvalue weighted by atomic mass is 19.4. The molecular formula is C21H18F3N5O. The van der Waals surface area contributed by atoms with Gasteiger partial charge in [0.15, 0.2) is 0 Å². The van der Waals surface area contributed by atoms with Gasteiger partial charge in [0.1, 0.15) is 17.1 Å². The minimum atomic E-state index is -4.63. The van der Waals surface area contributed by atoms with Crippen LogP contribution in [0.5, 0.6) is 5.75 Å². The molecule has 1 aromatic heterocycles. The third-order valence-corrected chi connectivity index (χ3v) is 3.95. The molecule has 0 aliphatic heterocycles. The Labute approximate surface area is 171 Å². The van der Waals surface area contributed by atoms with Crippen LogP contribution in [0.15, 0.2) is 54.7 Å². The Hall–Kier alpha value is -3.80. The molecule has 0 amide bonds. The molecule has 0 saturated carbocycles. The summed E-state index contributed by atoms with van der Waals surface area (Å²) in [6.45, 7) is 2.60. The van der Waals surface area contributed by atoms with Gasteiger partial charge in [-0.15, -0.1) is 0 Å². The van der Waals surface area contributed by atoms with Gasteiger partial charge in [-0.2, -0.15) is 23.4 Å². The van der Waals surface area contributed by atoms with Gasteiger partial charge < -0.3 is 15.4 Å². The lowest BCUT2D eigenvalue weighted by Crippen LogP contribution is -2.12. The van der Waals surface area contributed by atoms with Gasteiger partial charge in [0, 0.05) is 17.6 Å². The molecule has 0 radical (unpaired) electrons. The number of hydrogen-bond acceptors (Lipinski definition) is 6. The fraction of sp³-hybridized carbons (Fsp3) is 0.190. The molecule has 0 fully saturated rings. The first kappa shape index (κ1) is 20.9. The van der Waals surface area contributed by atoms with Crippen molar-refractivity contribution in [3.05, 3.63) is 65.9 Å². The zero-order chi connectivity index (χ0) is 21.6. The van der Waals surface area contributed by atoms with E-state index in [2.05, 4.69) is 20.6 Å². The summed E-state index contributed by atoms with van der Waals surface area (Å²) in [5, 5.41) is 14.4. The Morgan fingerprint density at radius 1 is 1.00 bits per heavy atom. The molecule has 154 valence electrons. The SMILES string of the molecule is CCCOc1ccc(Nc2ncc(C(F)(F)F)c(Nc3ccc(C#N)cc3)n2)cc1. The van der Waals surface area contributed by atoms with Gasteiger partial charge in [0.25, 0.3) is 0 Å². The molecule has 1 heterocycles. The number of benzene rings is 2. The van der Waals surface area contributed by atoms with Gasteiger partial charge >= 0.3 is 6.18 Å². The molecule has 0 aliphatic rings. The molecule has 0 atom stereocenters. The molecule has 2 aromatic carbocycles. The second kappa shape index (κ2) is 9.13. The van der Waals surface area contributed by atoms with E-state index in [9.17, 15) is 13.2 Å². The second-order valence-electron chi connectivity index (χ2n) is 6.27. The fourth-order valence-electron chi connectivity index (χ4n) is 2.49. The number of alkyl halides is 3. The highest BCUT2D eigenvalue weighted by Crippen LogP contribution is 2.35. The van der Waals surface area contributed by atoms with Crippen molar-refractivity contribution in [3.63, 3.8) is 0 Å². The summed E-state index contributed by atoms with van der Waals surface area (Å²) >= 11 is 0. The van der Waals surface area contributed by atoms with Crippen molar-refractivity contribution in [2.75, 3.05) is 17.2 Å². The first-order chi connectivity index (χ1) is 14.4. The number of rotatable bonds is 7. The highest BCUT2D eigenvalue weighted by molar-refractivity contribution is 5.63. The van der Waals surface area contributed by atoms with Crippen LogP contribution in [-0.4, -0.2) is 16.6 Å². The van der Waals surface area contributed by atoms with Crippen molar-refractivity contribution in [2.24, 2.45) is 0 Å². The normalized spacial score (nSPS) is 10.9. The third-order valence-electron chi connectivity index (χ3n) is 3.95. The monoisotopic (exact) mass is 413 g/mol. The largest absolute Gasteiger partial charge is 0.494 e. The van der Waals surface area contributed by atoms with Gasteiger partial charge in [0.2, 0.25) is 5.95 Å². The van der Waals surface area contributed by atoms with Gasteiger partial charge in [0.05, 0.1) is 18.2 Å². The van der Waals surface area contributed by atoms with Crippen LogP contribution in [-0.2, 0) is 6.18 Å². The van der Waals surface area contributed by atoms with Crippen LogP contribution in [0.25, 0.3) is 0 Å². The molecule has 0 aliphatic carbocycles. The topological polar surface area (TPSA) is 82.9 Å². The molecule has 0 unspecified atom stereocenters. The average molecular weight is 413 g/mol. The summed E-state index contributed by atoms with van der Waals surface area (Å²) in [4.78, 5) is 7.78. The first-order valence-electron chi connectivity index (χ1n) is 9.10. The number of nitrogens with one attached hydrogen (secondary N) is 2. The van der Waals surface area contributed by atoms with Crippen LogP contribution in [0, 0.1) is 11.3 Å². The Morgan fingerprint density at radius 3 is 2.23 bits per heavy atom. The Bertz CT molecular complexity index is 1030. The Kier molecular flexibility index (Phi) is 6.37. The Morgan fingerprint density at radius 2 is 1.63 bits per heavy atom. The maximum atomic E-state index is 13.4. The zero-order valence-electron chi connectivity index (χ0n) is 16.0. The van der Waals surface area contributed by atoms with Gasteiger partial charge in [-0.25, -0.2) is 4.98 Å². The van der Waals surface area contributed by atoms with Crippen molar-refractivity contribution >= 4 is 23.1 Å². The molecule has 0 saturated heterocycles. The third kappa shape index (κ3) is 5.38. The Balaban J connectivity index is 1.84. The van der Waals surface area contributed by atoms with E-state index in [1.165, 1.54) is 24.3 Å². The van der Waals surface area contributed by atoms with Crippen LogP contribution < -0.4 is 15.4 Å². The standard InChI is InChI=1S/C21H18F3N5O/c1-2-11-30-17-9-7-16(8-10-17)28-20-26-13-18(21(22,23)24)19(29-20)27-15-5-3-14(12-25)4-6-15/h3-10,13H,2,11H2,1H3,(H2,26,27,28,29). The van der Waals surface area contributed by atoms with Crippen molar-refractivity contribution in [1.82, 2.24) is 9.97 Å². The first-order valence-corrected chi connectivity index (χ1v) is 9.10. The van der Waals surface area contributed by atoms with E-state index in [4.69, 9.17) is 10.00 Å². The van der Waals surface area contributed by atoms with Crippen LogP contribution >= 0.6 is 0 Å². The maximum Gasteiger partial charge on any atom is 0.421 e. The van der Waals surface area contributed by atoms with Crippen molar-refractivity contribution < 1.29 is 17.9 Å². The molecule has 3 aromatic rings. The van der Waals surface area contributed by atoms with E-state index in [1.807, 2.05) is 13.0 Å². The second-order valence-corrected chi connectivity index (χ2v) is 6.27. The summed E-state index contributed by atoms with van der Waals surface area (Å²) < 4.78 is 45.6. The van der Waals surface area contributed by atoms with Crippen LogP contribution in [0.1, 0.15) is 24.5 Å². The maximum absolute atomic E-state index is 13.4. The smallest absolute Gasteiger partial charge is 0.421 e. The fourth-order valence-corrected chi connectivity index (χ4v) is 2.49. The van der Waals surface area contributed by atoms with Gasteiger partial charge in [-0.05, 0) is 55.0 Å². The predicted molar refractivity (Wildman–Crippen MR) is 107 cm³/mol. The number of anilines is 4. The lowest BCUT2D eigenvalue weighted by molar-refractivity contribution is -0.137. The summed E-state index contributed by atoms with van der Waals surface area (Å²) in [6, 6.07) is 14.9. The van der Waals surface area contributed by atoms with E-state index in [1.54, 1.807) is 24.3 Å². The van der Waals surface area contributed by atoms with Crippen LogP contribution in [0.4, 0.5) is 36.3 Å². The lowest BCUT2D eigenvalue weighted by atomic mass is 10.2. The molecule has 2 N–H and O–H groups in total. The van der Waals surface area contributed by atoms with Gasteiger partial charge in [-0.1, -0.05) is 6.92 Å². The number of nitriles is 1. The molecule has 0 bridgehead atoms. The molecule has 9 heteroatoms. The summed E-state index contributed by atoms with van der Waals surface area (Å²) in [6.07, 6.45) is -3.03. The predicted octanol–water partition coefficient (Wildman–Crippen LogP) is 5.64. The average Bonchev–Trinajstić information content (AvgIpc) is 2.73. The molecule has 3 rings (SSSR count). The molecule has 30 heavy (non-hydrogen) atoms. The molecular weight excluding hydrogens is 395 g/mol. The number of halogens is 3. The number of aromatic nitrogens is 2. The van der Waals surface area contributed by atoms with E-state index in [-0.39, 0.29) is 5.95 Å². The number of hydrogen-bond donors (Lipinski definition) is 2. The number of nitrogens with zero attached hydrogens (tertiary/aromatic N) is 3. The minimum absolute atomic E-state index is 0.00127. The van der Waals surface area contributed by atoms with Crippen LogP contribution in [0.3, 0.4) is 0 Å². The molecule has 0 spiro atoms. The van der Waals surface area contributed by atoms with Crippen molar-refractivity contribution in [1.29, 1.82) is 5.26 Å².